The number of carbonyl (C=O) groups excluding carboxylic acids is 1. The van der Waals surface area contributed by atoms with Crippen molar-refractivity contribution < 1.29 is 22.7 Å². The van der Waals surface area contributed by atoms with Gasteiger partial charge in [0.05, 0.1) is 13.2 Å². The fourth-order valence-corrected chi connectivity index (χ4v) is 3.16. The van der Waals surface area contributed by atoms with E-state index >= 15 is 0 Å². The van der Waals surface area contributed by atoms with Gasteiger partial charge >= 0.3 is 0 Å². The molecule has 1 N–H and O–H groups in total. The third-order valence-corrected chi connectivity index (χ3v) is 4.93. The van der Waals surface area contributed by atoms with Crippen LogP contribution in [0.4, 0.5) is 8.78 Å². The van der Waals surface area contributed by atoms with Gasteiger partial charge in [0.1, 0.15) is 17.9 Å². The van der Waals surface area contributed by atoms with Crippen LogP contribution in [0.3, 0.4) is 0 Å². The first kappa shape index (κ1) is 22.6. The third kappa shape index (κ3) is 6.19. The maximum atomic E-state index is 14.3. The molecular weight excluding hydrogens is 404 g/mol. The fourth-order valence-electron chi connectivity index (χ4n) is 3.16. The summed E-state index contributed by atoms with van der Waals surface area (Å²) in [6, 6.07) is 13.1. The largest absolute Gasteiger partial charge is 0.447 e. The summed E-state index contributed by atoms with van der Waals surface area (Å²) in [4.78, 5) is 18.4. The normalized spacial score (nSPS) is 12.2. The molecular formula is C23H25F2N3O3. The third-order valence-electron chi connectivity index (χ3n) is 4.93. The molecule has 31 heavy (non-hydrogen) atoms. The lowest BCUT2D eigenvalue weighted by Crippen LogP contribution is -2.28. The summed E-state index contributed by atoms with van der Waals surface area (Å²) in [5.41, 5.74) is 1.54. The summed E-state index contributed by atoms with van der Waals surface area (Å²) in [5.74, 6) is -1.28. The van der Waals surface area contributed by atoms with E-state index < -0.39 is 11.6 Å². The monoisotopic (exact) mass is 429 g/mol. The Balaban J connectivity index is 1.79. The summed E-state index contributed by atoms with van der Waals surface area (Å²) in [6.07, 6.45) is 1.29. The molecule has 1 unspecified atom stereocenters. The minimum Gasteiger partial charge on any atom is -0.447 e. The molecule has 0 aliphatic carbocycles. The van der Waals surface area contributed by atoms with Crippen LogP contribution in [0.25, 0.3) is 0 Å². The zero-order valence-corrected chi connectivity index (χ0v) is 17.5. The van der Waals surface area contributed by atoms with Gasteiger partial charge in [0.2, 0.25) is 5.89 Å². The Morgan fingerprint density at radius 3 is 2.68 bits per heavy atom. The molecule has 164 valence electrons. The Morgan fingerprint density at radius 1 is 1.19 bits per heavy atom. The number of methoxy groups -OCH3 is 1. The highest BCUT2D eigenvalue weighted by Gasteiger charge is 2.21. The van der Waals surface area contributed by atoms with Crippen LogP contribution in [0, 0.1) is 11.6 Å². The van der Waals surface area contributed by atoms with E-state index in [0.29, 0.717) is 24.6 Å². The summed E-state index contributed by atoms with van der Waals surface area (Å²) in [6.45, 7) is 3.18. The number of halogens is 2. The summed E-state index contributed by atoms with van der Waals surface area (Å²) in [5, 5.41) is 2.68. The predicted octanol–water partition coefficient (Wildman–Crippen LogP) is 4.09. The van der Waals surface area contributed by atoms with E-state index in [4.69, 9.17) is 9.15 Å². The molecule has 0 aliphatic heterocycles. The average molecular weight is 429 g/mol. The standard InChI is InChI=1S/C23H25F2N3O3/c1-16(17-6-4-3-5-7-17)28(13-18-8-9-19(24)12-20(18)25)14-22-27-21(15-31-22)23(29)26-10-11-30-2/h3-9,12,15-16H,10-11,13-14H2,1-2H3,(H,26,29). The lowest BCUT2D eigenvalue weighted by molar-refractivity contribution is 0.0932. The molecule has 0 bridgehead atoms. The molecule has 8 heteroatoms. The maximum absolute atomic E-state index is 14.3. The number of aromatic nitrogens is 1. The van der Waals surface area contributed by atoms with Crippen molar-refractivity contribution in [3.63, 3.8) is 0 Å². The van der Waals surface area contributed by atoms with Crippen molar-refractivity contribution in [2.75, 3.05) is 20.3 Å². The lowest BCUT2D eigenvalue weighted by atomic mass is 10.1. The quantitative estimate of drug-likeness (QED) is 0.492. The molecule has 0 radical (unpaired) electrons. The number of nitrogens with zero attached hydrogens (tertiary/aromatic N) is 2. The van der Waals surface area contributed by atoms with Gasteiger partial charge in [-0.15, -0.1) is 0 Å². The van der Waals surface area contributed by atoms with E-state index in [2.05, 4.69) is 10.3 Å². The topological polar surface area (TPSA) is 67.6 Å². The van der Waals surface area contributed by atoms with E-state index in [1.807, 2.05) is 42.2 Å². The van der Waals surface area contributed by atoms with Gasteiger partial charge < -0.3 is 14.5 Å². The predicted molar refractivity (Wildman–Crippen MR) is 111 cm³/mol. The van der Waals surface area contributed by atoms with Crippen LogP contribution in [0.5, 0.6) is 0 Å². The molecule has 0 aliphatic rings. The van der Waals surface area contributed by atoms with Crippen LogP contribution in [0.2, 0.25) is 0 Å². The number of nitrogens with one attached hydrogen (secondary N) is 1. The van der Waals surface area contributed by atoms with Crippen molar-refractivity contribution in [1.82, 2.24) is 15.2 Å². The van der Waals surface area contributed by atoms with Gasteiger partial charge in [-0.05, 0) is 18.6 Å². The molecule has 0 spiro atoms. The number of ether oxygens (including phenoxy) is 1. The number of amides is 1. The first-order valence-corrected chi connectivity index (χ1v) is 9.92. The van der Waals surface area contributed by atoms with Gasteiger partial charge in [-0.25, -0.2) is 13.8 Å². The van der Waals surface area contributed by atoms with E-state index in [-0.39, 0.29) is 30.7 Å². The second-order valence-electron chi connectivity index (χ2n) is 7.10. The van der Waals surface area contributed by atoms with Gasteiger partial charge in [-0.2, -0.15) is 0 Å². The molecule has 0 saturated heterocycles. The second-order valence-corrected chi connectivity index (χ2v) is 7.10. The van der Waals surface area contributed by atoms with Gasteiger partial charge in [0.25, 0.3) is 5.91 Å². The van der Waals surface area contributed by atoms with Crippen molar-refractivity contribution in [3.8, 4) is 0 Å². The average Bonchev–Trinajstić information content (AvgIpc) is 3.24. The van der Waals surface area contributed by atoms with Crippen molar-refractivity contribution >= 4 is 5.91 Å². The Morgan fingerprint density at radius 2 is 1.97 bits per heavy atom. The van der Waals surface area contributed by atoms with Crippen LogP contribution in [0.15, 0.2) is 59.2 Å². The van der Waals surface area contributed by atoms with E-state index in [1.54, 1.807) is 7.11 Å². The highest BCUT2D eigenvalue weighted by Crippen LogP contribution is 2.25. The molecule has 0 fully saturated rings. The molecule has 2 aromatic carbocycles. The zero-order valence-electron chi connectivity index (χ0n) is 17.5. The fraction of sp³-hybridized carbons (Fsp3) is 0.304. The summed E-state index contributed by atoms with van der Waals surface area (Å²) < 4.78 is 38.0. The van der Waals surface area contributed by atoms with Gasteiger partial charge in [-0.3, -0.25) is 9.69 Å². The number of hydrogen-bond acceptors (Lipinski definition) is 5. The molecule has 1 atom stereocenters. The second kappa shape index (κ2) is 10.8. The molecule has 1 amide bonds. The maximum Gasteiger partial charge on any atom is 0.273 e. The summed E-state index contributed by atoms with van der Waals surface area (Å²) >= 11 is 0. The smallest absolute Gasteiger partial charge is 0.273 e. The highest BCUT2D eigenvalue weighted by atomic mass is 19.1. The number of rotatable bonds is 10. The molecule has 3 aromatic rings. The molecule has 0 saturated carbocycles. The van der Waals surface area contributed by atoms with Crippen LogP contribution in [-0.2, 0) is 17.8 Å². The van der Waals surface area contributed by atoms with Crippen LogP contribution in [0.1, 0.15) is 40.5 Å². The first-order valence-electron chi connectivity index (χ1n) is 9.92. The molecule has 1 heterocycles. The number of benzene rings is 2. The number of hydrogen-bond donors (Lipinski definition) is 1. The minimum atomic E-state index is -0.624. The Labute approximate surface area is 179 Å². The van der Waals surface area contributed by atoms with E-state index in [0.717, 1.165) is 11.6 Å². The highest BCUT2D eigenvalue weighted by molar-refractivity contribution is 5.91. The zero-order chi connectivity index (χ0) is 22.2. The molecule has 3 rings (SSSR count). The molecule has 6 nitrogen and oxygen atoms in total. The van der Waals surface area contributed by atoms with Crippen molar-refractivity contribution in [2.24, 2.45) is 0 Å². The summed E-state index contributed by atoms with van der Waals surface area (Å²) in [7, 11) is 1.55. The van der Waals surface area contributed by atoms with Crippen LogP contribution < -0.4 is 5.32 Å². The van der Waals surface area contributed by atoms with Crippen molar-refractivity contribution in [2.45, 2.75) is 26.1 Å². The minimum absolute atomic E-state index is 0.114. The van der Waals surface area contributed by atoms with Crippen molar-refractivity contribution in [1.29, 1.82) is 0 Å². The van der Waals surface area contributed by atoms with Gasteiger partial charge in [-0.1, -0.05) is 36.4 Å². The van der Waals surface area contributed by atoms with Gasteiger partial charge in [0.15, 0.2) is 5.69 Å². The Bertz CT molecular complexity index is 995. The molecule has 1 aromatic heterocycles. The SMILES string of the molecule is COCCNC(=O)c1coc(CN(Cc2ccc(F)cc2F)C(C)c2ccccc2)n1. The van der Waals surface area contributed by atoms with Crippen LogP contribution in [-0.4, -0.2) is 36.1 Å². The first-order chi connectivity index (χ1) is 15.0. The number of carbonyl (C=O) groups is 1. The van der Waals surface area contributed by atoms with Crippen LogP contribution >= 0.6 is 0 Å². The Kier molecular flexibility index (Phi) is 7.86. The van der Waals surface area contributed by atoms with E-state index in [9.17, 15) is 13.6 Å². The van der Waals surface area contributed by atoms with E-state index in [1.165, 1.54) is 18.4 Å². The lowest BCUT2D eigenvalue weighted by Gasteiger charge is -2.28. The van der Waals surface area contributed by atoms with Gasteiger partial charge in [0, 0.05) is 37.9 Å². The number of oxazole rings is 1. The van der Waals surface area contributed by atoms with Crippen molar-refractivity contribution in [3.05, 3.63) is 89.1 Å². The Hall–Kier alpha value is -3.10.